The number of pyridine rings is 1. The predicted octanol–water partition coefficient (Wildman–Crippen LogP) is 1.67. The van der Waals surface area contributed by atoms with Gasteiger partial charge in [-0.25, -0.2) is 4.98 Å². The number of ether oxygens (including phenoxy) is 2. The van der Waals surface area contributed by atoms with Crippen LogP contribution in [-0.2, 0) is 9.53 Å². The Morgan fingerprint density at radius 1 is 1.56 bits per heavy atom. The van der Waals surface area contributed by atoms with Crippen LogP contribution in [0.15, 0.2) is 12.3 Å². The van der Waals surface area contributed by atoms with Gasteiger partial charge in [-0.2, -0.15) is 0 Å². The summed E-state index contributed by atoms with van der Waals surface area (Å²) in [4.78, 5) is 15.3. The molecule has 0 aromatic carbocycles. The highest BCUT2D eigenvalue weighted by molar-refractivity contribution is 6.35. The van der Waals surface area contributed by atoms with E-state index in [-0.39, 0.29) is 18.1 Å². The van der Waals surface area contributed by atoms with E-state index in [2.05, 4.69) is 15.0 Å². The highest BCUT2D eigenvalue weighted by atomic mass is 35.5. The lowest BCUT2D eigenvalue weighted by Crippen LogP contribution is -2.31. The summed E-state index contributed by atoms with van der Waals surface area (Å²) in [6.07, 6.45) is 1.82. The number of nitrogens with zero attached hydrogens (tertiary/aromatic N) is 1. The van der Waals surface area contributed by atoms with Gasteiger partial charge in [0.25, 0.3) is 0 Å². The van der Waals surface area contributed by atoms with Gasteiger partial charge in [-0.15, -0.1) is 0 Å². The number of carbonyl (C=O) groups excluding carboxylic acids is 1. The molecule has 0 amide bonds. The Labute approximate surface area is 114 Å². The molecule has 1 aliphatic heterocycles. The normalized spacial score (nSPS) is 22.8. The number of nitrogens with one attached hydrogen (secondary N) is 1. The lowest BCUT2D eigenvalue weighted by atomic mass is 10.2. The summed E-state index contributed by atoms with van der Waals surface area (Å²) in [6.45, 7) is 0.542. The molecule has 1 aromatic rings. The minimum absolute atomic E-state index is 0.166. The Bertz CT molecular complexity index is 456. The number of esters is 1. The fourth-order valence-electron chi connectivity index (χ4n) is 1.76. The first-order chi connectivity index (χ1) is 8.60. The van der Waals surface area contributed by atoms with E-state index < -0.39 is 0 Å². The topological polar surface area (TPSA) is 60.5 Å². The Kier molecular flexibility index (Phi) is 4.27. The lowest BCUT2D eigenvalue weighted by Gasteiger charge is -2.12. The summed E-state index contributed by atoms with van der Waals surface area (Å²) in [5.74, 6) is 0.0228. The first-order valence-electron chi connectivity index (χ1n) is 5.39. The van der Waals surface area contributed by atoms with Crippen molar-refractivity contribution < 1.29 is 14.3 Å². The van der Waals surface area contributed by atoms with E-state index in [9.17, 15) is 4.79 Å². The Hall–Kier alpha value is -1.04. The molecular weight excluding hydrogens is 279 g/mol. The van der Waals surface area contributed by atoms with Crippen molar-refractivity contribution >= 4 is 29.2 Å². The van der Waals surface area contributed by atoms with Crippen molar-refractivity contribution in [2.24, 2.45) is 0 Å². The highest BCUT2D eigenvalue weighted by Crippen LogP contribution is 2.26. The molecule has 2 heterocycles. The number of hydrogen-bond acceptors (Lipinski definition) is 5. The van der Waals surface area contributed by atoms with Crippen LogP contribution < -0.4 is 10.1 Å². The third kappa shape index (κ3) is 3.04. The van der Waals surface area contributed by atoms with Crippen molar-refractivity contribution in [2.45, 2.75) is 18.6 Å². The van der Waals surface area contributed by atoms with Crippen molar-refractivity contribution in [1.29, 1.82) is 0 Å². The molecule has 2 rings (SSSR count). The maximum atomic E-state index is 11.3. The van der Waals surface area contributed by atoms with Crippen LogP contribution in [0.2, 0.25) is 10.0 Å². The standard InChI is InChI=1S/C11H12Cl2N2O3/c1-17-11(16)9-3-7(5-14-9)18-10-8(13)2-6(12)4-15-10/h2,4,7,9,14H,3,5H2,1H3. The Balaban J connectivity index is 1.97. The number of rotatable bonds is 3. The summed E-state index contributed by atoms with van der Waals surface area (Å²) in [5, 5.41) is 3.81. The average molecular weight is 291 g/mol. The van der Waals surface area contributed by atoms with E-state index >= 15 is 0 Å². The third-order valence-corrected chi connectivity index (χ3v) is 3.11. The van der Waals surface area contributed by atoms with Gasteiger partial charge in [0.1, 0.15) is 17.2 Å². The van der Waals surface area contributed by atoms with E-state index in [1.165, 1.54) is 13.3 Å². The van der Waals surface area contributed by atoms with Gasteiger partial charge in [-0.3, -0.25) is 4.79 Å². The lowest BCUT2D eigenvalue weighted by molar-refractivity contribution is -0.142. The molecule has 0 radical (unpaired) electrons. The molecule has 0 aliphatic carbocycles. The fourth-order valence-corrected chi connectivity index (χ4v) is 2.19. The number of aromatic nitrogens is 1. The van der Waals surface area contributed by atoms with Crippen molar-refractivity contribution in [3.63, 3.8) is 0 Å². The number of halogens is 2. The van der Waals surface area contributed by atoms with Gasteiger partial charge in [-0.1, -0.05) is 23.2 Å². The van der Waals surface area contributed by atoms with E-state index in [4.69, 9.17) is 27.9 Å². The van der Waals surface area contributed by atoms with Crippen molar-refractivity contribution in [3.05, 3.63) is 22.3 Å². The van der Waals surface area contributed by atoms with Crippen molar-refractivity contribution in [1.82, 2.24) is 10.3 Å². The third-order valence-electron chi connectivity index (χ3n) is 2.63. The van der Waals surface area contributed by atoms with E-state index in [1.54, 1.807) is 6.07 Å². The van der Waals surface area contributed by atoms with Crippen LogP contribution in [0.4, 0.5) is 0 Å². The summed E-state index contributed by atoms with van der Waals surface area (Å²) < 4.78 is 10.3. The maximum Gasteiger partial charge on any atom is 0.323 e. The molecule has 0 spiro atoms. The largest absolute Gasteiger partial charge is 0.472 e. The molecule has 1 fully saturated rings. The predicted molar refractivity (Wildman–Crippen MR) is 67.1 cm³/mol. The molecule has 1 aromatic heterocycles. The SMILES string of the molecule is COC(=O)C1CC(Oc2ncc(Cl)cc2Cl)CN1. The van der Waals surface area contributed by atoms with Crippen LogP contribution in [0.25, 0.3) is 0 Å². The molecule has 1 saturated heterocycles. The molecule has 0 saturated carbocycles. The van der Waals surface area contributed by atoms with Crippen LogP contribution in [0.3, 0.4) is 0 Å². The van der Waals surface area contributed by atoms with Crippen LogP contribution in [0, 0.1) is 0 Å². The zero-order valence-corrected chi connectivity index (χ0v) is 11.2. The first-order valence-corrected chi connectivity index (χ1v) is 6.14. The fraction of sp³-hybridized carbons (Fsp3) is 0.455. The second-order valence-electron chi connectivity index (χ2n) is 3.90. The summed E-state index contributed by atoms with van der Waals surface area (Å²) in [7, 11) is 1.36. The smallest absolute Gasteiger partial charge is 0.323 e. The molecule has 1 aliphatic rings. The van der Waals surface area contributed by atoms with Crippen LogP contribution >= 0.6 is 23.2 Å². The zero-order valence-electron chi connectivity index (χ0n) is 9.65. The van der Waals surface area contributed by atoms with Crippen molar-refractivity contribution in [2.75, 3.05) is 13.7 Å². The molecule has 0 bridgehead atoms. The quantitative estimate of drug-likeness (QED) is 0.858. The zero-order chi connectivity index (χ0) is 13.1. The Morgan fingerprint density at radius 3 is 3.00 bits per heavy atom. The van der Waals surface area contributed by atoms with Crippen LogP contribution in [0.1, 0.15) is 6.42 Å². The van der Waals surface area contributed by atoms with Gasteiger partial charge in [0.15, 0.2) is 0 Å². The summed E-state index contributed by atoms with van der Waals surface area (Å²) in [5.41, 5.74) is 0. The molecule has 1 N–H and O–H groups in total. The van der Waals surface area contributed by atoms with E-state index in [0.717, 1.165) is 0 Å². The van der Waals surface area contributed by atoms with Crippen LogP contribution in [0.5, 0.6) is 5.88 Å². The highest BCUT2D eigenvalue weighted by Gasteiger charge is 2.31. The van der Waals surface area contributed by atoms with Crippen LogP contribution in [-0.4, -0.2) is 36.8 Å². The second-order valence-corrected chi connectivity index (χ2v) is 4.74. The molecule has 2 atom stereocenters. The summed E-state index contributed by atoms with van der Waals surface area (Å²) >= 11 is 11.7. The molecule has 5 nitrogen and oxygen atoms in total. The van der Waals surface area contributed by atoms with Gasteiger partial charge < -0.3 is 14.8 Å². The molecule has 2 unspecified atom stereocenters. The Morgan fingerprint density at radius 2 is 2.33 bits per heavy atom. The molecular formula is C11H12Cl2N2O3. The number of hydrogen-bond donors (Lipinski definition) is 1. The number of carbonyl (C=O) groups is 1. The monoisotopic (exact) mass is 290 g/mol. The van der Waals surface area contributed by atoms with E-state index in [0.29, 0.717) is 28.9 Å². The van der Waals surface area contributed by atoms with Gasteiger partial charge in [0, 0.05) is 19.2 Å². The first kappa shape index (κ1) is 13.4. The summed E-state index contributed by atoms with van der Waals surface area (Å²) in [6, 6.07) is 1.22. The minimum atomic E-state index is -0.342. The van der Waals surface area contributed by atoms with Crippen molar-refractivity contribution in [3.8, 4) is 5.88 Å². The average Bonchev–Trinajstić information content (AvgIpc) is 2.80. The van der Waals surface area contributed by atoms with Gasteiger partial charge in [-0.05, 0) is 6.07 Å². The molecule has 98 valence electrons. The number of methoxy groups -OCH3 is 1. The second kappa shape index (κ2) is 5.73. The van der Waals surface area contributed by atoms with Gasteiger partial charge >= 0.3 is 5.97 Å². The molecule has 7 heteroatoms. The minimum Gasteiger partial charge on any atom is -0.472 e. The van der Waals surface area contributed by atoms with E-state index in [1.807, 2.05) is 0 Å². The van der Waals surface area contributed by atoms with Gasteiger partial charge in [0.05, 0.1) is 12.1 Å². The molecule has 18 heavy (non-hydrogen) atoms. The van der Waals surface area contributed by atoms with Gasteiger partial charge in [0.2, 0.25) is 5.88 Å². The maximum absolute atomic E-state index is 11.3.